The predicted molar refractivity (Wildman–Crippen MR) is 109 cm³/mol. The zero-order valence-electron chi connectivity index (χ0n) is 15.6. The van der Waals surface area contributed by atoms with Crippen LogP contribution in [0.15, 0.2) is 59.2 Å². The Morgan fingerprint density at radius 1 is 1.26 bits per heavy atom. The van der Waals surface area contributed by atoms with Crippen molar-refractivity contribution in [1.82, 2.24) is 4.98 Å². The van der Waals surface area contributed by atoms with Gasteiger partial charge in [-0.3, -0.25) is 4.79 Å². The van der Waals surface area contributed by atoms with Gasteiger partial charge in [0.1, 0.15) is 12.0 Å². The van der Waals surface area contributed by atoms with Crippen LogP contribution in [0.2, 0.25) is 0 Å². The summed E-state index contributed by atoms with van der Waals surface area (Å²) < 4.78 is 10.7. The highest BCUT2D eigenvalue weighted by atomic mass is 32.2. The van der Waals surface area contributed by atoms with E-state index in [9.17, 15) is 4.79 Å². The Morgan fingerprint density at radius 3 is 2.74 bits per heavy atom. The number of carbonyl (C=O) groups excluding carboxylic acids is 1. The van der Waals surface area contributed by atoms with Crippen LogP contribution < -0.4 is 10.1 Å². The van der Waals surface area contributed by atoms with Crippen LogP contribution in [0.3, 0.4) is 0 Å². The van der Waals surface area contributed by atoms with Crippen molar-refractivity contribution in [2.24, 2.45) is 0 Å². The van der Waals surface area contributed by atoms with Gasteiger partial charge in [0.25, 0.3) is 0 Å². The number of thioether (sulfide) groups is 1. The molecule has 1 heterocycles. The van der Waals surface area contributed by atoms with E-state index < -0.39 is 0 Å². The average molecular weight is 382 g/mol. The lowest BCUT2D eigenvalue weighted by Gasteiger charge is -2.11. The summed E-state index contributed by atoms with van der Waals surface area (Å²) in [6.45, 7) is 3.89. The van der Waals surface area contributed by atoms with Gasteiger partial charge in [0.05, 0.1) is 18.1 Å². The molecule has 3 rings (SSSR count). The van der Waals surface area contributed by atoms with Gasteiger partial charge in [0.2, 0.25) is 11.8 Å². The van der Waals surface area contributed by atoms with E-state index in [1.165, 1.54) is 11.8 Å². The lowest BCUT2D eigenvalue weighted by atomic mass is 10.2. The average Bonchev–Trinajstić information content (AvgIpc) is 3.15. The summed E-state index contributed by atoms with van der Waals surface area (Å²) in [6, 6.07) is 15.3. The van der Waals surface area contributed by atoms with Crippen molar-refractivity contribution in [1.29, 1.82) is 0 Å². The predicted octanol–water partition coefficient (Wildman–Crippen LogP) is 4.92. The smallest absolute Gasteiger partial charge is 0.237 e. The number of aromatic nitrogens is 1. The molecule has 0 radical (unpaired) electrons. The number of ether oxygens (including phenoxy) is 1. The van der Waals surface area contributed by atoms with E-state index in [1.54, 1.807) is 13.4 Å². The molecule has 27 heavy (non-hydrogen) atoms. The first-order chi connectivity index (χ1) is 13.0. The standard InChI is InChI=1S/C21H22N2O3S/c1-14-5-4-6-17(11-14)22-20(24)15(2)27-13-18-12-26-21(23-18)16-7-9-19(25-3)10-8-16/h4-12,15H,13H2,1-3H3,(H,22,24). The van der Waals surface area contributed by atoms with E-state index >= 15 is 0 Å². The summed E-state index contributed by atoms with van der Waals surface area (Å²) in [5, 5.41) is 2.74. The molecular weight excluding hydrogens is 360 g/mol. The van der Waals surface area contributed by atoms with E-state index in [4.69, 9.17) is 9.15 Å². The van der Waals surface area contributed by atoms with Crippen LogP contribution in [0.1, 0.15) is 18.2 Å². The van der Waals surface area contributed by atoms with Gasteiger partial charge in [-0.15, -0.1) is 11.8 Å². The topological polar surface area (TPSA) is 64.4 Å². The molecule has 0 aliphatic rings. The lowest BCUT2D eigenvalue weighted by molar-refractivity contribution is -0.115. The molecule has 1 unspecified atom stereocenters. The molecule has 0 spiro atoms. The Hall–Kier alpha value is -2.73. The van der Waals surface area contributed by atoms with Crippen LogP contribution in [0.5, 0.6) is 5.75 Å². The SMILES string of the molecule is COc1ccc(-c2nc(CSC(C)C(=O)Nc3cccc(C)c3)co2)cc1. The summed E-state index contributed by atoms with van der Waals surface area (Å²) in [5.41, 5.74) is 3.62. The maximum Gasteiger partial charge on any atom is 0.237 e. The quantitative estimate of drug-likeness (QED) is 0.628. The van der Waals surface area contributed by atoms with Gasteiger partial charge >= 0.3 is 0 Å². The first kappa shape index (κ1) is 19.0. The molecule has 0 fully saturated rings. The number of carbonyl (C=O) groups is 1. The summed E-state index contributed by atoms with van der Waals surface area (Å²) in [7, 11) is 1.63. The number of nitrogens with zero attached hydrogens (tertiary/aromatic N) is 1. The maximum atomic E-state index is 12.3. The second-order valence-corrected chi connectivity index (χ2v) is 7.51. The van der Waals surface area contributed by atoms with Crippen molar-refractivity contribution in [2.45, 2.75) is 24.9 Å². The number of aryl methyl sites for hydroxylation is 1. The largest absolute Gasteiger partial charge is 0.497 e. The molecule has 1 amide bonds. The lowest BCUT2D eigenvalue weighted by Crippen LogP contribution is -2.22. The number of anilines is 1. The minimum absolute atomic E-state index is 0.0236. The monoisotopic (exact) mass is 382 g/mol. The molecule has 2 aromatic carbocycles. The van der Waals surface area contributed by atoms with Crippen molar-refractivity contribution in [3.8, 4) is 17.2 Å². The van der Waals surface area contributed by atoms with Gasteiger partial charge in [-0.1, -0.05) is 12.1 Å². The summed E-state index contributed by atoms with van der Waals surface area (Å²) in [5.74, 6) is 1.92. The Kier molecular flexibility index (Phi) is 6.19. The molecule has 3 aromatic rings. The minimum Gasteiger partial charge on any atom is -0.497 e. The van der Waals surface area contributed by atoms with Gasteiger partial charge < -0.3 is 14.5 Å². The molecule has 0 saturated heterocycles. The minimum atomic E-state index is -0.202. The Bertz CT molecular complexity index is 906. The van der Waals surface area contributed by atoms with Crippen LogP contribution >= 0.6 is 11.8 Å². The molecular formula is C21H22N2O3S. The van der Waals surface area contributed by atoms with E-state index in [-0.39, 0.29) is 11.2 Å². The van der Waals surface area contributed by atoms with Crippen LogP contribution in [0.4, 0.5) is 5.69 Å². The summed E-state index contributed by atoms with van der Waals surface area (Å²) in [4.78, 5) is 16.8. The summed E-state index contributed by atoms with van der Waals surface area (Å²) in [6.07, 6.45) is 1.64. The zero-order chi connectivity index (χ0) is 19.2. The first-order valence-electron chi connectivity index (χ1n) is 8.63. The fraction of sp³-hybridized carbons (Fsp3) is 0.238. The van der Waals surface area contributed by atoms with E-state index in [2.05, 4.69) is 10.3 Å². The van der Waals surface area contributed by atoms with Crippen molar-refractivity contribution in [2.75, 3.05) is 12.4 Å². The number of benzene rings is 2. The first-order valence-corrected chi connectivity index (χ1v) is 9.68. The summed E-state index contributed by atoms with van der Waals surface area (Å²) >= 11 is 1.52. The highest BCUT2D eigenvalue weighted by Crippen LogP contribution is 2.24. The number of nitrogens with one attached hydrogen (secondary N) is 1. The molecule has 0 bridgehead atoms. The molecule has 0 aliphatic heterocycles. The maximum absolute atomic E-state index is 12.3. The molecule has 0 aliphatic carbocycles. The van der Waals surface area contributed by atoms with Gasteiger partial charge in [-0.25, -0.2) is 4.98 Å². The van der Waals surface area contributed by atoms with Crippen LogP contribution in [0.25, 0.3) is 11.5 Å². The number of methoxy groups -OCH3 is 1. The number of amides is 1. The van der Waals surface area contributed by atoms with Gasteiger partial charge in [-0.05, 0) is 55.8 Å². The van der Waals surface area contributed by atoms with Crippen LogP contribution in [-0.2, 0) is 10.5 Å². The third-order valence-electron chi connectivity index (χ3n) is 4.02. The Morgan fingerprint density at radius 2 is 2.04 bits per heavy atom. The molecule has 6 heteroatoms. The molecule has 1 atom stereocenters. The Labute approximate surface area is 163 Å². The molecule has 1 N–H and O–H groups in total. The number of oxazole rings is 1. The normalized spacial score (nSPS) is 11.8. The fourth-order valence-electron chi connectivity index (χ4n) is 2.49. The van der Waals surface area contributed by atoms with Crippen molar-refractivity contribution < 1.29 is 13.9 Å². The van der Waals surface area contributed by atoms with Gasteiger partial charge in [0.15, 0.2) is 0 Å². The van der Waals surface area contributed by atoms with E-state index in [1.807, 2.05) is 62.4 Å². The van der Waals surface area contributed by atoms with E-state index in [0.717, 1.165) is 28.3 Å². The molecule has 140 valence electrons. The van der Waals surface area contributed by atoms with Gasteiger partial charge in [0, 0.05) is 17.0 Å². The second-order valence-electron chi connectivity index (χ2n) is 6.18. The second kappa shape index (κ2) is 8.77. The fourth-order valence-corrected chi connectivity index (χ4v) is 3.26. The molecule has 1 aromatic heterocycles. The number of hydrogen-bond acceptors (Lipinski definition) is 5. The Balaban J connectivity index is 1.55. The van der Waals surface area contributed by atoms with Crippen molar-refractivity contribution in [3.63, 3.8) is 0 Å². The van der Waals surface area contributed by atoms with Gasteiger partial charge in [-0.2, -0.15) is 0 Å². The van der Waals surface area contributed by atoms with E-state index in [0.29, 0.717) is 11.6 Å². The third kappa shape index (κ3) is 5.14. The van der Waals surface area contributed by atoms with Crippen LogP contribution in [-0.4, -0.2) is 23.3 Å². The van der Waals surface area contributed by atoms with Crippen molar-refractivity contribution in [3.05, 3.63) is 66.1 Å². The highest BCUT2D eigenvalue weighted by Gasteiger charge is 2.15. The number of hydrogen-bond donors (Lipinski definition) is 1. The number of rotatable bonds is 7. The third-order valence-corrected chi connectivity index (χ3v) is 5.20. The zero-order valence-corrected chi connectivity index (χ0v) is 16.4. The highest BCUT2D eigenvalue weighted by molar-refractivity contribution is 7.99. The van der Waals surface area contributed by atoms with Crippen molar-refractivity contribution >= 4 is 23.4 Å². The van der Waals surface area contributed by atoms with Crippen LogP contribution in [0, 0.1) is 6.92 Å². The molecule has 0 saturated carbocycles. The molecule has 5 nitrogen and oxygen atoms in total.